The van der Waals surface area contributed by atoms with Gasteiger partial charge in [0.05, 0.1) is 16.9 Å². The fourth-order valence-corrected chi connectivity index (χ4v) is 4.37. The Bertz CT molecular complexity index is 897. The molecule has 3 aliphatic rings. The monoisotopic (exact) mass is 357 g/mol. The van der Waals surface area contributed by atoms with Crippen molar-refractivity contribution in [2.24, 2.45) is 4.40 Å². The molecule has 0 bridgehead atoms. The Morgan fingerprint density at radius 3 is 2.60 bits per heavy atom. The van der Waals surface area contributed by atoms with E-state index in [1.165, 1.54) is 0 Å². The Hall–Kier alpha value is -2.41. The lowest BCUT2D eigenvalue weighted by atomic mass is 9.71. The Balaban J connectivity index is 1.55. The van der Waals surface area contributed by atoms with Crippen LogP contribution in [0.1, 0.15) is 24.8 Å². The predicted octanol–water partition coefficient (Wildman–Crippen LogP) is 1.68. The summed E-state index contributed by atoms with van der Waals surface area (Å²) in [6.07, 6.45) is 7.83. The number of hydrogen-bond donors (Lipinski definition) is 1. The SMILES string of the molecule is O=C(NC1(c2ccccc2)CCC1)C1=CN2CCS(=O)(=O)N=C2C=C1. The zero-order valence-electron chi connectivity index (χ0n) is 13.7. The van der Waals surface area contributed by atoms with Crippen LogP contribution in [0, 0.1) is 0 Å². The van der Waals surface area contributed by atoms with E-state index in [1.54, 1.807) is 23.3 Å². The smallest absolute Gasteiger partial charge is 0.256 e. The van der Waals surface area contributed by atoms with Crippen molar-refractivity contribution < 1.29 is 13.2 Å². The fraction of sp³-hybridized carbons (Fsp3) is 0.333. The third-order valence-electron chi connectivity index (χ3n) is 4.97. The van der Waals surface area contributed by atoms with E-state index < -0.39 is 10.0 Å². The molecule has 0 unspecified atom stereocenters. The van der Waals surface area contributed by atoms with Gasteiger partial charge in [-0.15, -0.1) is 4.40 Å². The average molecular weight is 357 g/mol. The van der Waals surface area contributed by atoms with Crippen molar-refractivity contribution in [3.8, 4) is 0 Å². The van der Waals surface area contributed by atoms with Crippen molar-refractivity contribution in [2.45, 2.75) is 24.8 Å². The standard InChI is InChI=1S/C18H19N3O3S/c22-17(19-18(9-4-10-18)15-5-2-1-3-6-15)14-7-8-16-20-25(23,24)12-11-21(16)13-14/h1-3,5-8,13H,4,9-12H2,(H,19,22). The van der Waals surface area contributed by atoms with Gasteiger partial charge in [0, 0.05) is 12.7 Å². The molecule has 1 fully saturated rings. The van der Waals surface area contributed by atoms with Crippen LogP contribution in [0.3, 0.4) is 0 Å². The molecule has 1 saturated carbocycles. The van der Waals surface area contributed by atoms with Crippen LogP contribution in [-0.2, 0) is 20.4 Å². The van der Waals surface area contributed by atoms with Gasteiger partial charge in [-0.05, 0) is 37.0 Å². The first-order valence-corrected chi connectivity index (χ1v) is 9.96. The summed E-state index contributed by atoms with van der Waals surface area (Å²) in [7, 11) is -3.39. The largest absolute Gasteiger partial charge is 0.342 e. The summed E-state index contributed by atoms with van der Waals surface area (Å²) in [5.74, 6) is 0.181. The highest BCUT2D eigenvalue weighted by Crippen LogP contribution is 2.41. The van der Waals surface area contributed by atoms with Crippen LogP contribution in [0.25, 0.3) is 0 Å². The van der Waals surface area contributed by atoms with Gasteiger partial charge in [0.15, 0.2) is 0 Å². The van der Waals surface area contributed by atoms with Crippen LogP contribution in [0.5, 0.6) is 0 Å². The maximum Gasteiger partial charge on any atom is 0.256 e. The minimum absolute atomic E-state index is 0.0380. The predicted molar refractivity (Wildman–Crippen MR) is 95.3 cm³/mol. The van der Waals surface area contributed by atoms with Crippen molar-refractivity contribution in [3.63, 3.8) is 0 Å². The van der Waals surface area contributed by atoms with E-state index in [0.717, 1.165) is 24.8 Å². The van der Waals surface area contributed by atoms with E-state index in [0.29, 0.717) is 18.0 Å². The molecular formula is C18H19N3O3S. The second kappa shape index (κ2) is 5.84. The molecule has 2 heterocycles. The Kier molecular flexibility index (Phi) is 3.76. The van der Waals surface area contributed by atoms with Gasteiger partial charge in [-0.2, -0.15) is 0 Å². The molecule has 4 rings (SSSR count). The highest BCUT2D eigenvalue weighted by atomic mass is 32.2. The summed E-state index contributed by atoms with van der Waals surface area (Å²) in [6.45, 7) is 0.312. The first kappa shape index (κ1) is 16.1. The molecule has 1 aromatic carbocycles. The Morgan fingerprint density at radius 1 is 1.16 bits per heavy atom. The van der Waals surface area contributed by atoms with Crippen molar-refractivity contribution in [1.29, 1.82) is 0 Å². The summed E-state index contributed by atoms with van der Waals surface area (Å²) >= 11 is 0. The molecule has 0 radical (unpaired) electrons. The van der Waals surface area contributed by atoms with Gasteiger partial charge in [0.1, 0.15) is 5.84 Å². The molecular weight excluding hydrogens is 338 g/mol. The van der Waals surface area contributed by atoms with Gasteiger partial charge in [0.2, 0.25) is 0 Å². The topological polar surface area (TPSA) is 78.8 Å². The van der Waals surface area contributed by atoms with Gasteiger partial charge in [-0.3, -0.25) is 4.79 Å². The lowest BCUT2D eigenvalue weighted by molar-refractivity contribution is -0.120. The zero-order valence-corrected chi connectivity index (χ0v) is 14.5. The molecule has 0 aromatic heterocycles. The van der Waals surface area contributed by atoms with Crippen LogP contribution in [-0.4, -0.2) is 37.4 Å². The summed E-state index contributed by atoms with van der Waals surface area (Å²) < 4.78 is 26.9. The van der Waals surface area contributed by atoms with Crippen LogP contribution < -0.4 is 5.32 Å². The van der Waals surface area contributed by atoms with Crippen molar-refractivity contribution in [2.75, 3.05) is 12.3 Å². The molecule has 7 heteroatoms. The molecule has 1 amide bonds. The van der Waals surface area contributed by atoms with Crippen LogP contribution in [0.15, 0.2) is 58.7 Å². The molecule has 25 heavy (non-hydrogen) atoms. The number of nitrogens with zero attached hydrogens (tertiary/aromatic N) is 2. The average Bonchev–Trinajstić information content (AvgIpc) is 2.57. The van der Waals surface area contributed by atoms with E-state index in [1.807, 2.05) is 30.3 Å². The number of fused-ring (bicyclic) bond motifs is 1. The summed E-state index contributed by atoms with van der Waals surface area (Å²) in [4.78, 5) is 14.5. The van der Waals surface area contributed by atoms with E-state index in [-0.39, 0.29) is 17.2 Å². The maximum absolute atomic E-state index is 12.8. The Morgan fingerprint density at radius 2 is 1.92 bits per heavy atom. The van der Waals surface area contributed by atoms with E-state index in [2.05, 4.69) is 9.71 Å². The zero-order chi connectivity index (χ0) is 17.5. The van der Waals surface area contributed by atoms with Gasteiger partial charge < -0.3 is 10.2 Å². The molecule has 6 nitrogen and oxygen atoms in total. The van der Waals surface area contributed by atoms with Crippen LogP contribution in [0.2, 0.25) is 0 Å². The lowest BCUT2D eigenvalue weighted by Crippen LogP contribution is -2.51. The number of amidine groups is 1. The highest BCUT2D eigenvalue weighted by Gasteiger charge is 2.40. The van der Waals surface area contributed by atoms with E-state index in [9.17, 15) is 13.2 Å². The molecule has 1 aliphatic carbocycles. The Labute approximate surface area is 147 Å². The van der Waals surface area contributed by atoms with Gasteiger partial charge in [0.25, 0.3) is 15.9 Å². The number of hydrogen-bond acceptors (Lipinski definition) is 4. The number of amides is 1. The van der Waals surface area contributed by atoms with Gasteiger partial charge >= 0.3 is 0 Å². The quantitative estimate of drug-likeness (QED) is 0.893. The van der Waals surface area contributed by atoms with E-state index >= 15 is 0 Å². The minimum atomic E-state index is -3.39. The van der Waals surface area contributed by atoms with Gasteiger partial charge in [-0.1, -0.05) is 30.3 Å². The van der Waals surface area contributed by atoms with Gasteiger partial charge in [-0.25, -0.2) is 8.42 Å². The maximum atomic E-state index is 12.8. The summed E-state index contributed by atoms with van der Waals surface area (Å²) in [6, 6.07) is 10.0. The molecule has 0 saturated heterocycles. The fourth-order valence-electron chi connectivity index (χ4n) is 3.40. The second-order valence-corrected chi connectivity index (χ2v) is 8.36. The molecule has 1 aromatic rings. The molecule has 0 spiro atoms. The lowest BCUT2D eigenvalue weighted by Gasteiger charge is -2.43. The first-order valence-electron chi connectivity index (χ1n) is 8.35. The highest BCUT2D eigenvalue weighted by molar-refractivity contribution is 7.90. The third-order valence-corrected chi connectivity index (χ3v) is 6.14. The first-order chi connectivity index (χ1) is 12.0. The molecule has 1 N–H and O–H groups in total. The number of carbonyl (C=O) groups is 1. The second-order valence-electron chi connectivity index (χ2n) is 6.60. The van der Waals surface area contributed by atoms with E-state index in [4.69, 9.17) is 0 Å². The molecule has 2 aliphatic heterocycles. The van der Waals surface area contributed by atoms with Crippen LogP contribution in [0.4, 0.5) is 0 Å². The van der Waals surface area contributed by atoms with Crippen molar-refractivity contribution in [1.82, 2.24) is 10.2 Å². The number of rotatable bonds is 3. The van der Waals surface area contributed by atoms with Crippen molar-refractivity contribution >= 4 is 21.8 Å². The third kappa shape index (κ3) is 3.00. The van der Waals surface area contributed by atoms with Crippen LogP contribution >= 0.6 is 0 Å². The number of benzene rings is 1. The number of carbonyl (C=O) groups excluding carboxylic acids is 1. The van der Waals surface area contributed by atoms with Crippen molar-refractivity contribution in [3.05, 3.63) is 59.8 Å². The minimum Gasteiger partial charge on any atom is -0.342 e. The summed E-state index contributed by atoms with van der Waals surface area (Å²) in [5.41, 5.74) is 1.34. The normalized spacial score (nSPS) is 23.0. The molecule has 130 valence electrons. The number of nitrogens with one attached hydrogen (secondary N) is 1. The summed E-state index contributed by atoms with van der Waals surface area (Å²) in [5, 5.41) is 3.18. The molecule has 0 atom stereocenters. The number of sulfonamides is 1.